The van der Waals surface area contributed by atoms with Gasteiger partial charge in [-0.25, -0.2) is 10.8 Å². The molecule has 17 heavy (non-hydrogen) atoms. The van der Waals surface area contributed by atoms with Crippen LogP contribution >= 0.6 is 11.6 Å². The first-order valence-corrected chi connectivity index (χ1v) is 5.43. The van der Waals surface area contributed by atoms with Crippen LogP contribution in [-0.2, 0) is 6.42 Å². The third-order valence-corrected chi connectivity index (χ3v) is 2.39. The Morgan fingerprint density at radius 3 is 3.06 bits per heavy atom. The summed E-state index contributed by atoms with van der Waals surface area (Å²) in [6, 6.07) is 3.76. The number of nitrogen functional groups attached to an aromatic ring is 1. The van der Waals surface area contributed by atoms with Crippen molar-refractivity contribution in [2.24, 2.45) is 5.84 Å². The monoisotopic (exact) mass is 253 g/mol. The van der Waals surface area contributed by atoms with Crippen molar-refractivity contribution in [3.8, 4) is 0 Å². The second-order valence-electron chi connectivity index (χ2n) is 3.29. The summed E-state index contributed by atoms with van der Waals surface area (Å²) in [7, 11) is 0. The molecule has 0 aliphatic rings. The van der Waals surface area contributed by atoms with Crippen LogP contribution in [0.4, 0.5) is 11.8 Å². The van der Waals surface area contributed by atoms with Gasteiger partial charge in [-0.05, 0) is 12.1 Å². The molecule has 0 radical (unpaired) electrons. The SMILES string of the molecule is NNc1ncc(Cl)c(NCCc2ccco2)n1. The first-order chi connectivity index (χ1) is 8.29. The maximum Gasteiger partial charge on any atom is 0.239 e. The number of nitrogens with one attached hydrogen (secondary N) is 2. The van der Waals surface area contributed by atoms with E-state index in [0.717, 1.165) is 12.2 Å². The van der Waals surface area contributed by atoms with Gasteiger partial charge in [-0.1, -0.05) is 11.6 Å². The first kappa shape index (κ1) is 11.7. The summed E-state index contributed by atoms with van der Waals surface area (Å²) < 4.78 is 5.21. The van der Waals surface area contributed by atoms with Crippen LogP contribution in [0.5, 0.6) is 0 Å². The third kappa shape index (κ3) is 3.08. The minimum Gasteiger partial charge on any atom is -0.469 e. The van der Waals surface area contributed by atoms with Crippen LogP contribution in [0.1, 0.15) is 5.76 Å². The van der Waals surface area contributed by atoms with Crippen molar-refractivity contribution in [2.45, 2.75) is 6.42 Å². The van der Waals surface area contributed by atoms with Crippen LogP contribution in [0.15, 0.2) is 29.0 Å². The summed E-state index contributed by atoms with van der Waals surface area (Å²) in [4.78, 5) is 7.97. The highest BCUT2D eigenvalue weighted by Gasteiger charge is 2.04. The molecule has 0 bridgehead atoms. The van der Waals surface area contributed by atoms with Gasteiger partial charge >= 0.3 is 0 Å². The van der Waals surface area contributed by atoms with E-state index in [-0.39, 0.29) is 0 Å². The smallest absolute Gasteiger partial charge is 0.239 e. The van der Waals surface area contributed by atoms with Gasteiger partial charge in [0, 0.05) is 13.0 Å². The highest BCUT2D eigenvalue weighted by Crippen LogP contribution is 2.18. The van der Waals surface area contributed by atoms with Crippen LogP contribution in [-0.4, -0.2) is 16.5 Å². The first-order valence-electron chi connectivity index (χ1n) is 5.05. The molecule has 0 unspecified atom stereocenters. The Bertz CT molecular complexity index is 474. The fourth-order valence-electron chi connectivity index (χ4n) is 1.32. The average molecular weight is 254 g/mol. The molecule has 0 aromatic carbocycles. The lowest BCUT2D eigenvalue weighted by molar-refractivity contribution is 0.513. The van der Waals surface area contributed by atoms with Gasteiger partial charge in [-0.15, -0.1) is 0 Å². The zero-order valence-electron chi connectivity index (χ0n) is 8.98. The Kier molecular flexibility index (Phi) is 3.79. The second kappa shape index (κ2) is 5.51. The molecule has 2 aromatic heterocycles. The predicted octanol–water partition coefficient (Wildman–Crippen LogP) is 1.66. The van der Waals surface area contributed by atoms with Gasteiger partial charge in [0.1, 0.15) is 10.8 Å². The van der Waals surface area contributed by atoms with Crippen LogP contribution in [0, 0.1) is 0 Å². The number of hydrazine groups is 1. The highest BCUT2D eigenvalue weighted by molar-refractivity contribution is 6.32. The maximum atomic E-state index is 5.93. The number of halogens is 1. The predicted molar refractivity (Wildman–Crippen MR) is 65.8 cm³/mol. The molecule has 4 N–H and O–H groups in total. The number of aromatic nitrogens is 2. The van der Waals surface area contributed by atoms with Crippen LogP contribution in [0.2, 0.25) is 5.02 Å². The average Bonchev–Trinajstić information content (AvgIpc) is 2.84. The number of hydrogen-bond donors (Lipinski definition) is 3. The molecule has 0 amide bonds. The fraction of sp³-hybridized carbons (Fsp3) is 0.200. The molecule has 7 heteroatoms. The van der Waals surface area contributed by atoms with Crippen molar-refractivity contribution in [1.82, 2.24) is 9.97 Å². The van der Waals surface area contributed by atoms with E-state index in [2.05, 4.69) is 20.7 Å². The Morgan fingerprint density at radius 1 is 1.47 bits per heavy atom. The van der Waals surface area contributed by atoms with Gasteiger partial charge in [0.05, 0.1) is 12.5 Å². The van der Waals surface area contributed by atoms with Crippen molar-refractivity contribution >= 4 is 23.4 Å². The van der Waals surface area contributed by atoms with E-state index in [0.29, 0.717) is 23.3 Å². The molecule has 0 saturated carbocycles. The largest absolute Gasteiger partial charge is 0.469 e. The summed E-state index contributed by atoms with van der Waals surface area (Å²) >= 11 is 5.93. The molecule has 2 rings (SSSR count). The quantitative estimate of drug-likeness (QED) is 0.555. The van der Waals surface area contributed by atoms with E-state index in [1.165, 1.54) is 6.20 Å². The molecule has 0 atom stereocenters. The van der Waals surface area contributed by atoms with E-state index in [9.17, 15) is 0 Å². The number of nitrogens with zero attached hydrogens (tertiary/aromatic N) is 2. The summed E-state index contributed by atoms with van der Waals surface area (Å²) in [5, 5.41) is 3.53. The number of rotatable bonds is 5. The zero-order valence-corrected chi connectivity index (χ0v) is 9.74. The number of anilines is 2. The van der Waals surface area contributed by atoms with E-state index in [4.69, 9.17) is 21.9 Å². The molecule has 2 heterocycles. The lowest BCUT2D eigenvalue weighted by Crippen LogP contribution is -2.13. The van der Waals surface area contributed by atoms with Crippen LogP contribution in [0.3, 0.4) is 0 Å². The lowest BCUT2D eigenvalue weighted by Gasteiger charge is -2.07. The normalized spacial score (nSPS) is 10.2. The van der Waals surface area contributed by atoms with E-state index >= 15 is 0 Å². The molecule has 2 aromatic rings. The molecule has 6 nitrogen and oxygen atoms in total. The Balaban J connectivity index is 1.94. The van der Waals surface area contributed by atoms with Gasteiger partial charge in [0.15, 0.2) is 5.82 Å². The summed E-state index contributed by atoms with van der Waals surface area (Å²) in [6.07, 6.45) is 3.88. The van der Waals surface area contributed by atoms with E-state index < -0.39 is 0 Å². The zero-order chi connectivity index (χ0) is 12.1. The Morgan fingerprint density at radius 2 is 2.35 bits per heavy atom. The number of hydrogen-bond acceptors (Lipinski definition) is 6. The molecule has 0 aliphatic heterocycles. The van der Waals surface area contributed by atoms with Crippen molar-refractivity contribution < 1.29 is 4.42 Å². The minimum atomic E-state index is 0.315. The minimum absolute atomic E-state index is 0.315. The summed E-state index contributed by atoms with van der Waals surface area (Å²) in [5.41, 5.74) is 2.36. The second-order valence-corrected chi connectivity index (χ2v) is 3.70. The summed E-state index contributed by atoms with van der Waals surface area (Å²) in [6.45, 7) is 0.661. The van der Waals surface area contributed by atoms with Gasteiger partial charge in [0.25, 0.3) is 0 Å². The van der Waals surface area contributed by atoms with Gasteiger partial charge < -0.3 is 9.73 Å². The lowest BCUT2D eigenvalue weighted by atomic mass is 10.3. The Hall–Kier alpha value is -1.79. The highest BCUT2D eigenvalue weighted by atomic mass is 35.5. The topological polar surface area (TPSA) is 89.0 Å². The molecule has 0 aliphatic carbocycles. The molecule has 0 spiro atoms. The van der Waals surface area contributed by atoms with Crippen LogP contribution in [0.25, 0.3) is 0 Å². The van der Waals surface area contributed by atoms with Gasteiger partial charge in [-0.2, -0.15) is 4.98 Å². The fourth-order valence-corrected chi connectivity index (χ4v) is 1.48. The molecular weight excluding hydrogens is 242 g/mol. The van der Waals surface area contributed by atoms with Crippen molar-refractivity contribution in [3.05, 3.63) is 35.4 Å². The molecule has 0 fully saturated rings. The van der Waals surface area contributed by atoms with Crippen molar-refractivity contribution in [1.29, 1.82) is 0 Å². The van der Waals surface area contributed by atoms with Crippen molar-refractivity contribution in [3.63, 3.8) is 0 Å². The van der Waals surface area contributed by atoms with Crippen LogP contribution < -0.4 is 16.6 Å². The Labute approximate surface area is 103 Å². The molecule has 90 valence electrons. The van der Waals surface area contributed by atoms with Crippen molar-refractivity contribution in [2.75, 3.05) is 17.3 Å². The molecular formula is C10H12ClN5O. The maximum absolute atomic E-state index is 5.93. The summed E-state index contributed by atoms with van der Waals surface area (Å²) in [5.74, 6) is 6.97. The standard InChI is InChI=1S/C10H12ClN5O/c11-8-6-14-10(16-12)15-9(8)13-4-3-7-2-1-5-17-7/h1-2,5-6H,3-4,12H2,(H2,13,14,15,16). The number of nitrogens with two attached hydrogens (primary N) is 1. The molecule has 0 saturated heterocycles. The van der Waals surface area contributed by atoms with E-state index in [1.54, 1.807) is 6.26 Å². The van der Waals surface area contributed by atoms with Gasteiger partial charge in [-0.3, -0.25) is 5.43 Å². The number of furan rings is 1. The third-order valence-electron chi connectivity index (χ3n) is 2.12. The van der Waals surface area contributed by atoms with Gasteiger partial charge in [0.2, 0.25) is 5.95 Å². The van der Waals surface area contributed by atoms with E-state index in [1.807, 2.05) is 12.1 Å².